The lowest BCUT2D eigenvalue weighted by Crippen LogP contribution is -2.31. The number of nitrogens with zero attached hydrogens (tertiary/aromatic N) is 2. The number of benzene rings is 2. The Balaban J connectivity index is 1.38. The molecule has 5 heteroatoms. The Morgan fingerprint density at radius 1 is 0.967 bits per heavy atom. The molecule has 0 N–H and O–H groups in total. The van der Waals surface area contributed by atoms with E-state index in [4.69, 9.17) is 4.74 Å². The highest BCUT2D eigenvalue weighted by atomic mass is 19.1. The van der Waals surface area contributed by atoms with Crippen molar-refractivity contribution in [2.75, 3.05) is 6.61 Å². The highest BCUT2D eigenvalue weighted by molar-refractivity contribution is 5.81. The quantitative estimate of drug-likeness (QED) is 0.515. The second kappa shape index (κ2) is 9.53. The molecule has 1 fully saturated rings. The van der Waals surface area contributed by atoms with Crippen LogP contribution in [0.5, 0.6) is 5.75 Å². The molecule has 1 saturated carbocycles. The Labute approximate surface area is 176 Å². The van der Waals surface area contributed by atoms with E-state index in [1.807, 2.05) is 41.3 Å². The van der Waals surface area contributed by atoms with E-state index < -0.39 is 0 Å². The minimum Gasteiger partial charge on any atom is -0.493 e. The van der Waals surface area contributed by atoms with E-state index in [1.165, 1.54) is 12.1 Å². The number of hydrogen-bond donors (Lipinski definition) is 0. The first-order valence-corrected chi connectivity index (χ1v) is 10.3. The largest absolute Gasteiger partial charge is 0.493 e. The highest BCUT2D eigenvalue weighted by Gasteiger charge is 2.33. The molecule has 4 nitrogen and oxygen atoms in total. The lowest BCUT2D eigenvalue weighted by atomic mass is 10.1. The van der Waals surface area contributed by atoms with Gasteiger partial charge in [-0.25, -0.2) is 4.39 Å². The Morgan fingerprint density at radius 2 is 1.70 bits per heavy atom. The number of halogens is 1. The second-order valence-corrected chi connectivity index (χ2v) is 7.70. The Kier molecular flexibility index (Phi) is 6.38. The molecule has 0 bridgehead atoms. The average molecular weight is 404 g/mol. The van der Waals surface area contributed by atoms with Crippen molar-refractivity contribution in [3.8, 4) is 5.75 Å². The van der Waals surface area contributed by atoms with Crippen molar-refractivity contribution >= 4 is 5.91 Å². The standard InChI is InChI=1S/C25H25FN2O2/c26-23-8-4-19(5-9-23)12-15-30-24-3-1-2-21(16-24)18-28(25(29)22-6-7-22)17-20-10-13-27-14-11-20/h1-5,8-11,13-14,16,22H,6-7,12,15,17-18H2. The van der Waals surface area contributed by atoms with Crippen molar-refractivity contribution < 1.29 is 13.9 Å². The monoisotopic (exact) mass is 404 g/mol. The van der Waals surface area contributed by atoms with Crippen LogP contribution in [-0.4, -0.2) is 22.4 Å². The maximum Gasteiger partial charge on any atom is 0.226 e. The molecule has 0 aliphatic heterocycles. The third-order valence-corrected chi connectivity index (χ3v) is 5.21. The zero-order valence-electron chi connectivity index (χ0n) is 16.8. The molecule has 0 unspecified atom stereocenters. The summed E-state index contributed by atoms with van der Waals surface area (Å²) >= 11 is 0. The predicted molar refractivity (Wildman–Crippen MR) is 113 cm³/mol. The maximum atomic E-state index is 13.0. The molecule has 4 rings (SSSR count). The fraction of sp³-hybridized carbons (Fsp3) is 0.280. The number of aromatic nitrogens is 1. The van der Waals surface area contributed by atoms with Gasteiger partial charge in [0, 0.05) is 37.8 Å². The smallest absolute Gasteiger partial charge is 0.226 e. The molecule has 0 saturated heterocycles. The van der Waals surface area contributed by atoms with Crippen LogP contribution in [0.4, 0.5) is 4.39 Å². The zero-order valence-corrected chi connectivity index (χ0v) is 16.8. The summed E-state index contributed by atoms with van der Waals surface area (Å²) in [7, 11) is 0. The van der Waals surface area contributed by atoms with Gasteiger partial charge in [-0.05, 0) is 65.9 Å². The van der Waals surface area contributed by atoms with Gasteiger partial charge in [0.15, 0.2) is 0 Å². The molecular formula is C25H25FN2O2. The molecule has 1 aromatic heterocycles. The summed E-state index contributed by atoms with van der Waals surface area (Å²) in [5.41, 5.74) is 3.15. The summed E-state index contributed by atoms with van der Waals surface area (Å²) < 4.78 is 18.9. The van der Waals surface area contributed by atoms with E-state index in [1.54, 1.807) is 24.5 Å². The minimum atomic E-state index is -0.232. The SMILES string of the molecule is O=C(C1CC1)N(Cc1ccncc1)Cc1cccc(OCCc2ccc(F)cc2)c1. The van der Waals surface area contributed by atoms with Crippen LogP contribution in [0, 0.1) is 11.7 Å². The van der Waals surface area contributed by atoms with Crippen LogP contribution in [0.2, 0.25) is 0 Å². The van der Waals surface area contributed by atoms with Gasteiger partial charge in [-0.3, -0.25) is 9.78 Å². The molecule has 1 aliphatic carbocycles. The van der Waals surface area contributed by atoms with Crippen LogP contribution in [0.1, 0.15) is 29.5 Å². The Morgan fingerprint density at radius 3 is 2.43 bits per heavy atom. The van der Waals surface area contributed by atoms with Crippen LogP contribution < -0.4 is 4.74 Å². The fourth-order valence-corrected chi connectivity index (χ4v) is 3.40. The summed E-state index contributed by atoms with van der Waals surface area (Å²) in [5, 5.41) is 0. The zero-order chi connectivity index (χ0) is 20.8. The molecule has 3 aromatic rings. The van der Waals surface area contributed by atoms with E-state index in [9.17, 15) is 9.18 Å². The maximum absolute atomic E-state index is 13.0. The number of amides is 1. The molecule has 154 valence electrons. The first kappa shape index (κ1) is 20.1. The van der Waals surface area contributed by atoms with Gasteiger partial charge in [0.2, 0.25) is 5.91 Å². The molecule has 2 aromatic carbocycles. The van der Waals surface area contributed by atoms with Crippen molar-refractivity contribution in [2.24, 2.45) is 5.92 Å². The van der Waals surface area contributed by atoms with Gasteiger partial charge < -0.3 is 9.64 Å². The van der Waals surface area contributed by atoms with Gasteiger partial charge in [0.05, 0.1) is 6.61 Å². The molecular weight excluding hydrogens is 379 g/mol. The van der Waals surface area contributed by atoms with Crippen molar-refractivity contribution in [1.29, 1.82) is 0 Å². The predicted octanol–water partition coefficient (Wildman–Crippen LogP) is 4.78. The molecule has 0 atom stereocenters. The van der Waals surface area contributed by atoms with Crippen LogP contribution in [0.15, 0.2) is 73.1 Å². The van der Waals surface area contributed by atoms with E-state index in [-0.39, 0.29) is 17.6 Å². The summed E-state index contributed by atoms with van der Waals surface area (Å²) in [4.78, 5) is 18.8. The number of rotatable bonds is 9. The van der Waals surface area contributed by atoms with Crippen molar-refractivity contribution in [3.63, 3.8) is 0 Å². The van der Waals surface area contributed by atoms with Crippen LogP contribution in [0.25, 0.3) is 0 Å². The number of carbonyl (C=O) groups is 1. The molecule has 0 spiro atoms. The summed E-state index contributed by atoms with van der Waals surface area (Å²) in [6.45, 7) is 1.64. The molecule has 0 radical (unpaired) electrons. The van der Waals surface area contributed by atoms with E-state index in [2.05, 4.69) is 4.98 Å². The topological polar surface area (TPSA) is 42.4 Å². The fourth-order valence-electron chi connectivity index (χ4n) is 3.40. The highest BCUT2D eigenvalue weighted by Crippen LogP contribution is 2.32. The van der Waals surface area contributed by atoms with Gasteiger partial charge in [-0.15, -0.1) is 0 Å². The first-order valence-electron chi connectivity index (χ1n) is 10.3. The van der Waals surface area contributed by atoms with Gasteiger partial charge in [-0.2, -0.15) is 0 Å². The normalized spacial score (nSPS) is 13.1. The second-order valence-electron chi connectivity index (χ2n) is 7.70. The Hall–Kier alpha value is -3.21. The third-order valence-electron chi connectivity index (χ3n) is 5.21. The summed E-state index contributed by atoms with van der Waals surface area (Å²) in [5.74, 6) is 0.929. The first-order chi connectivity index (χ1) is 14.7. The lowest BCUT2D eigenvalue weighted by Gasteiger charge is -2.23. The Bertz CT molecular complexity index is 972. The molecule has 30 heavy (non-hydrogen) atoms. The summed E-state index contributed by atoms with van der Waals surface area (Å²) in [6.07, 6.45) is 6.19. The number of ether oxygens (including phenoxy) is 1. The van der Waals surface area contributed by atoms with Crippen LogP contribution in [-0.2, 0) is 24.3 Å². The molecule has 1 heterocycles. The van der Waals surface area contributed by atoms with Gasteiger partial charge >= 0.3 is 0 Å². The van der Waals surface area contributed by atoms with E-state index >= 15 is 0 Å². The number of carbonyl (C=O) groups excluding carboxylic acids is 1. The van der Waals surface area contributed by atoms with Crippen LogP contribution in [0.3, 0.4) is 0 Å². The lowest BCUT2D eigenvalue weighted by molar-refractivity contribution is -0.133. The van der Waals surface area contributed by atoms with E-state index in [0.717, 1.165) is 35.3 Å². The third kappa shape index (κ3) is 5.66. The van der Waals surface area contributed by atoms with Gasteiger partial charge in [0.25, 0.3) is 0 Å². The van der Waals surface area contributed by atoms with Crippen molar-refractivity contribution in [3.05, 3.63) is 95.6 Å². The number of hydrogen-bond acceptors (Lipinski definition) is 3. The van der Waals surface area contributed by atoms with Gasteiger partial charge in [0.1, 0.15) is 11.6 Å². The van der Waals surface area contributed by atoms with Gasteiger partial charge in [-0.1, -0.05) is 24.3 Å². The average Bonchev–Trinajstić information content (AvgIpc) is 3.61. The van der Waals surface area contributed by atoms with Crippen LogP contribution >= 0.6 is 0 Å². The number of pyridine rings is 1. The van der Waals surface area contributed by atoms with Crippen molar-refractivity contribution in [2.45, 2.75) is 32.4 Å². The molecule has 1 aliphatic rings. The van der Waals surface area contributed by atoms with E-state index in [0.29, 0.717) is 26.1 Å². The molecule has 1 amide bonds. The minimum absolute atomic E-state index is 0.168. The van der Waals surface area contributed by atoms with Crippen molar-refractivity contribution in [1.82, 2.24) is 9.88 Å². The summed E-state index contributed by atoms with van der Waals surface area (Å²) in [6, 6.07) is 18.2.